The van der Waals surface area contributed by atoms with E-state index in [4.69, 9.17) is 4.52 Å². The number of benzene rings is 1. The maximum atomic E-state index is 12.0. The quantitative estimate of drug-likeness (QED) is 0.743. The van der Waals surface area contributed by atoms with E-state index in [9.17, 15) is 9.90 Å². The molecule has 1 aromatic carbocycles. The maximum absolute atomic E-state index is 12.0. The summed E-state index contributed by atoms with van der Waals surface area (Å²) in [5, 5.41) is 19.7. The fraction of sp³-hybridized carbons (Fsp3) is 0.438. The monoisotopic (exact) mass is 316 g/mol. The molecule has 0 spiro atoms. The van der Waals surface area contributed by atoms with Crippen LogP contribution in [0.1, 0.15) is 18.7 Å². The summed E-state index contributed by atoms with van der Waals surface area (Å²) in [7, 11) is 0. The third-order valence-electron chi connectivity index (χ3n) is 3.86. The van der Waals surface area contributed by atoms with Crippen molar-refractivity contribution in [2.45, 2.75) is 31.4 Å². The van der Waals surface area contributed by atoms with Crippen molar-refractivity contribution in [3.05, 3.63) is 36.2 Å². The zero-order valence-corrected chi connectivity index (χ0v) is 12.7. The lowest BCUT2D eigenvalue weighted by Crippen LogP contribution is -2.52. The Labute approximate surface area is 134 Å². The molecule has 7 heteroatoms. The molecule has 1 saturated heterocycles. The molecule has 3 N–H and O–H groups in total. The molecule has 0 aliphatic carbocycles. The van der Waals surface area contributed by atoms with E-state index in [-0.39, 0.29) is 18.4 Å². The highest BCUT2D eigenvalue weighted by molar-refractivity contribution is 5.76. The zero-order valence-electron chi connectivity index (χ0n) is 12.7. The fourth-order valence-electron chi connectivity index (χ4n) is 2.57. The predicted molar refractivity (Wildman–Crippen MR) is 83.5 cm³/mol. The smallest absolute Gasteiger partial charge is 0.227 e. The van der Waals surface area contributed by atoms with Gasteiger partial charge in [0.1, 0.15) is 0 Å². The van der Waals surface area contributed by atoms with Gasteiger partial charge in [0.2, 0.25) is 17.6 Å². The lowest BCUT2D eigenvalue weighted by Gasteiger charge is -2.29. The van der Waals surface area contributed by atoms with E-state index in [0.29, 0.717) is 24.7 Å². The van der Waals surface area contributed by atoms with Crippen LogP contribution in [0.2, 0.25) is 0 Å². The molecule has 1 fully saturated rings. The number of nitrogens with zero attached hydrogens (tertiary/aromatic N) is 2. The number of hydrogen-bond donors (Lipinski definition) is 3. The largest absolute Gasteiger partial charge is 0.390 e. The summed E-state index contributed by atoms with van der Waals surface area (Å²) >= 11 is 0. The van der Waals surface area contributed by atoms with Gasteiger partial charge in [-0.15, -0.1) is 0 Å². The standard InChI is InChI=1S/C16H20N4O3/c21-13-10-17-9-8-12(13)18-14(22)6-7-15-19-16(20-23-15)11-4-2-1-3-5-11/h1-5,12-13,17,21H,6-10H2,(H,18,22)/t12-,13-/m1/s1. The van der Waals surface area contributed by atoms with E-state index in [1.165, 1.54) is 0 Å². The second-order valence-corrected chi connectivity index (χ2v) is 5.61. The first kappa shape index (κ1) is 15.6. The van der Waals surface area contributed by atoms with Gasteiger partial charge in [0.15, 0.2) is 0 Å². The molecule has 7 nitrogen and oxygen atoms in total. The Kier molecular flexibility index (Phi) is 4.99. The van der Waals surface area contributed by atoms with Gasteiger partial charge in [0, 0.05) is 24.9 Å². The van der Waals surface area contributed by atoms with Crippen LogP contribution < -0.4 is 10.6 Å². The molecule has 23 heavy (non-hydrogen) atoms. The molecule has 2 atom stereocenters. The summed E-state index contributed by atoms with van der Waals surface area (Å²) in [6.45, 7) is 1.31. The Morgan fingerprint density at radius 1 is 1.39 bits per heavy atom. The van der Waals surface area contributed by atoms with Crippen molar-refractivity contribution < 1.29 is 14.4 Å². The van der Waals surface area contributed by atoms with Crippen molar-refractivity contribution in [2.24, 2.45) is 0 Å². The van der Waals surface area contributed by atoms with Crippen molar-refractivity contribution in [2.75, 3.05) is 13.1 Å². The highest BCUT2D eigenvalue weighted by atomic mass is 16.5. The lowest BCUT2D eigenvalue weighted by molar-refractivity contribution is -0.123. The first-order valence-corrected chi connectivity index (χ1v) is 7.78. The Hall–Kier alpha value is -2.25. The third-order valence-corrected chi connectivity index (χ3v) is 3.86. The number of β-amino-alcohol motifs (C(OH)–C–C–N with tert-alkyl or cyclic N) is 1. The molecule has 2 aromatic rings. The average molecular weight is 316 g/mol. The van der Waals surface area contributed by atoms with Crippen molar-refractivity contribution >= 4 is 5.91 Å². The first-order valence-electron chi connectivity index (χ1n) is 7.78. The van der Waals surface area contributed by atoms with Gasteiger partial charge >= 0.3 is 0 Å². The van der Waals surface area contributed by atoms with Gasteiger partial charge in [-0.2, -0.15) is 4.98 Å². The summed E-state index contributed by atoms with van der Waals surface area (Å²) in [6.07, 6.45) is 0.826. The topological polar surface area (TPSA) is 100 Å². The van der Waals surface area contributed by atoms with E-state index < -0.39 is 6.10 Å². The zero-order chi connectivity index (χ0) is 16.1. The number of piperidine rings is 1. The number of aliphatic hydroxyl groups is 1. The second kappa shape index (κ2) is 7.34. The fourth-order valence-corrected chi connectivity index (χ4v) is 2.57. The van der Waals surface area contributed by atoms with Crippen molar-refractivity contribution in [3.63, 3.8) is 0 Å². The van der Waals surface area contributed by atoms with Gasteiger partial charge in [0.05, 0.1) is 12.1 Å². The maximum Gasteiger partial charge on any atom is 0.227 e. The summed E-state index contributed by atoms with van der Waals surface area (Å²) in [5.41, 5.74) is 0.879. The predicted octanol–water partition coefficient (Wildman–Crippen LogP) is 0.508. The Balaban J connectivity index is 1.50. The molecular formula is C16H20N4O3. The number of aromatic nitrogens is 2. The van der Waals surface area contributed by atoms with Gasteiger partial charge in [-0.25, -0.2) is 0 Å². The number of hydrogen-bond acceptors (Lipinski definition) is 6. The third kappa shape index (κ3) is 4.14. The molecule has 1 aliphatic heterocycles. The van der Waals surface area contributed by atoms with Crippen molar-refractivity contribution in [3.8, 4) is 11.4 Å². The van der Waals surface area contributed by atoms with Crippen LogP contribution in [0.3, 0.4) is 0 Å². The SMILES string of the molecule is O=C(CCc1nc(-c2ccccc2)no1)N[C@@H]1CCNC[C@H]1O. The molecule has 2 heterocycles. The molecule has 0 bridgehead atoms. The van der Waals surface area contributed by atoms with Gasteiger partial charge < -0.3 is 20.3 Å². The summed E-state index contributed by atoms with van der Waals surface area (Å²) in [5.74, 6) is 0.843. The molecule has 122 valence electrons. The van der Waals surface area contributed by atoms with E-state index in [2.05, 4.69) is 20.8 Å². The van der Waals surface area contributed by atoms with E-state index in [1.807, 2.05) is 30.3 Å². The van der Waals surface area contributed by atoms with Gasteiger partial charge in [-0.1, -0.05) is 35.5 Å². The van der Waals surface area contributed by atoms with E-state index in [0.717, 1.165) is 18.5 Å². The van der Waals surface area contributed by atoms with Crippen molar-refractivity contribution in [1.29, 1.82) is 0 Å². The average Bonchev–Trinajstić information content (AvgIpc) is 3.05. The molecule has 3 rings (SSSR count). The van der Waals surface area contributed by atoms with Crippen LogP contribution in [0.25, 0.3) is 11.4 Å². The normalized spacial score (nSPS) is 21.1. The molecule has 1 aromatic heterocycles. The van der Waals surface area contributed by atoms with Crippen LogP contribution in [0.15, 0.2) is 34.9 Å². The molecule has 0 radical (unpaired) electrons. The van der Waals surface area contributed by atoms with Gasteiger partial charge in [-0.05, 0) is 13.0 Å². The highest BCUT2D eigenvalue weighted by Crippen LogP contribution is 2.15. The number of rotatable bonds is 5. The molecule has 0 saturated carbocycles. The minimum absolute atomic E-state index is 0.115. The summed E-state index contributed by atoms with van der Waals surface area (Å²) in [6, 6.07) is 9.35. The summed E-state index contributed by atoms with van der Waals surface area (Å²) < 4.78 is 5.18. The van der Waals surface area contributed by atoms with Crippen LogP contribution in [-0.2, 0) is 11.2 Å². The highest BCUT2D eigenvalue weighted by Gasteiger charge is 2.24. The van der Waals surface area contributed by atoms with Crippen LogP contribution in [0.5, 0.6) is 0 Å². The number of aryl methyl sites for hydroxylation is 1. The van der Waals surface area contributed by atoms with Crippen molar-refractivity contribution in [1.82, 2.24) is 20.8 Å². The molecule has 0 unspecified atom stereocenters. The minimum Gasteiger partial charge on any atom is -0.390 e. The van der Waals surface area contributed by atoms with Gasteiger partial charge in [-0.3, -0.25) is 4.79 Å². The lowest BCUT2D eigenvalue weighted by atomic mass is 10.0. The van der Waals surface area contributed by atoms with E-state index >= 15 is 0 Å². The Bertz CT molecular complexity index is 644. The first-order chi connectivity index (χ1) is 11.2. The Morgan fingerprint density at radius 3 is 3.00 bits per heavy atom. The number of carbonyl (C=O) groups excluding carboxylic acids is 1. The van der Waals surface area contributed by atoms with Crippen LogP contribution >= 0.6 is 0 Å². The molecular weight excluding hydrogens is 296 g/mol. The number of carbonyl (C=O) groups is 1. The Morgan fingerprint density at radius 2 is 2.22 bits per heavy atom. The number of aliphatic hydroxyl groups excluding tert-OH is 1. The number of amides is 1. The molecule has 1 aliphatic rings. The molecule has 1 amide bonds. The van der Waals surface area contributed by atoms with Crippen LogP contribution in [0.4, 0.5) is 0 Å². The van der Waals surface area contributed by atoms with Gasteiger partial charge in [0.25, 0.3) is 0 Å². The second-order valence-electron chi connectivity index (χ2n) is 5.61. The minimum atomic E-state index is -0.541. The van der Waals surface area contributed by atoms with Crippen LogP contribution in [-0.4, -0.2) is 46.4 Å². The number of nitrogens with one attached hydrogen (secondary N) is 2. The van der Waals surface area contributed by atoms with E-state index in [1.54, 1.807) is 0 Å². The summed E-state index contributed by atoms with van der Waals surface area (Å²) in [4.78, 5) is 16.3. The van der Waals surface area contributed by atoms with Crippen LogP contribution in [0, 0.1) is 0 Å².